The van der Waals surface area contributed by atoms with E-state index in [1.165, 1.54) is 27.8 Å². The molecule has 90 heavy (non-hydrogen) atoms. The Labute approximate surface area is 534 Å². The minimum absolute atomic E-state index is 0.0190. The minimum Gasteiger partial charge on any atom is -0.311 e. The van der Waals surface area contributed by atoms with Gasteiger partial charge in [0.15, 0.2) is 11.6 Å². The lowest BCUT2D eigenvalue weighted by molar-refractivity contribution is -0.133. The van der Waals surface area contributed by atoms with Gasteiger partial charge >= 0.3 is 0 Å². The lowest BCUT2D eigenvalue weighted by Gasteiger charge is -2.30. The lowest BCUT2D eigenvalue weighted by atomic mass is 9.68. The predicted molar refractivity (Wildman–Crippen MR) is 378 cm³/mol. The van der Waals surface area contributed by atoms with Gasteiger partial charge in [0, 0.05) is 52.9 Å². The van der Waals surface area contributed by atoms with Crippen molar-refractivity contribution < 1.29 is 9.59 Å². The van der Waals surface area contributed by atoms with Gasteiger partial charge in [0.2, 0.25) is 0 Å². The van der Waals surface area contributed by atoms with Crippen LogP contribution in [0.25, 0.3) is 44.5 Å². The van der Waals surface area contributed by atoms with Gasteiger partial charge in [0.25, 0.3) is 0 Å². The molecule has 0 amide bonds. The van der Waals surface area contributed by atoms with Gasteiger partial charge < -0.3 is 9.80 Å². The molecule has 448 valence electrons. The van der Waals surface area contributed by atoms with Gasteiger partial charge in [-0.05, 0) is 184 Å². The van der Waals surface area contributed by atoms with Crippen LogP contribution in [0.1, 0.15) is 136 Å². The highest BCUT2D eigenvalue weighted by atomic mass is 16.2. The van der Waals surface area contributed by atoms with E-state index >= 15 is 9.59 Å². The summed E-state index contributed by atoms with van der Waals surface area (Å²) >= 11 is 0. The van der Waals surface area contributed by atoms with Crippen molar-refractivity contribution in [3.05, 3.63) is 312 Å². The maximum atomic E-state index is 15.8. The smallest absolute Gasteiger partial charge is 0.155 e. The first kappa shape index (κ1) is 60.6. The second-order valence-electron chi connectivity index (χ2n) is 24.6. The molecule has 1 atom stereocenters. The number of Topliss-reactive ketones (excluding diaryl/α,β-unsaturated/α-hetero) is 2. The van der Waals surface area contributed by atoms with Crippen LogP contribution in [0, 0.1) is 13.8 Å². The minimum atomic E-state index is -1.44. The van der Waals surface area contributed by atoms with Gasteiger partial charge in [-0.2, -0.15) is 0 Å². The average Bonchev–Trinajstić information content (AvgIpc) is 1.54. The molecule has 1 aliphatic carbocycles. The van der Waals surface area contributed by atoms with Crippen molar-refractivity contribution >= 4 is 45.7 Å². The largest absolute Gasteiger partial charge is 0.311 e. The molecule has 0 N–H and O–H groups in total. The molecule has 0 fully saturated rings. The fourth-order valence-corrected chi connectivity index (χ4v) is 13.6. The second-order valence-corrected chi connectivity index (χ2v) is 24.6. The highest BCUT2D eigenvalue weighted by Crippen LogP contribution is 2.54. The fraction of sp³-hybridized carbons (Fsp3) is 0.209. The molecule has 11 aromatic carbocycles. The first-order valence-electron chi connectivity index (χ1n) is 32.9. The molecule has 0 bridgehead atoms. The van der Waals surface area contributed by atoms with E-state index in [1.807, 2.05) is 6.07 Å². The summed E-state index contributed by atoms with van der Waals surface area (Å²) in [4.78, 5) is 36.2. The van der Waals surface area contributed by atoms with Crippen LogP contribution < -0.4 is 9.80 Å². The Balaban J connectivity index is 0.878. The summed E-state index contributed by atoms with van der Waals surface area (Å²) in [5, 5.41) is 0. The van der Waals surface area contributed by atoms with Crippen molar-refractivity contribution in [3.63, 3.8) is 0 Å². The third-order valence-corrected chi connectivity index (χ3v) is 18.5. The lowest BCUT2D eigenvalue weighted by Crippen LogP contribution is -2.43. The number of para-hydroxylation sites is 2. The molecule has 0 aliphatic heterocycles. The third-order valence-electron chi connectivity index (χ3n) is 18.5. The molecule has 12 rings (SSSR count). The van der Waals surface area contributed by atoms with E-state index in [0.29, 0.717) is 12.8 Å². The van der Waals surface area contributed by atoms with Gasteiger partial charge in [-0.25, -0.2) is 0 Å². The van der Waals surface area contributed by atoms with Crippen molar-refractivity contribution in [3.8, 4) is 44.5 Å². The van der Waals surface area contributed by atoms with Crippen molar-refractivity contribution in [2.75, 3.05) is 9.80 Å². The van der Waals surface area contributed by atoms with E-state index in [-0.39, 0.29) is 17.5 Å². The van der Waals surface area contributed by atoms with Crippen molar-refractivity contribution in [2.45, 2.75) is 116 Å². The topological polar surface area (TPSA) is 40.6 Å². The van der Waals surface area contributed by atoms with Crippen LogP contribution in [0.15, 0.2) is 273 Å². The Kier molecular flexibility index (Phi) is 19.0. The van der Waals surface area contributed by atoms with Crippen LogP contribution in [-0.2, 0) is 15.0 Å². The van der Waals surface area contributed by atoms with E-state index in [9.17, 15) is 0 Å². The van der Waals surface area contributed by atoms with Crippen LogP contribution >= 0.6 is 0 Å². The molecule has 0 saturated carbocycles. The summed E-state index contributed by atoms with van der Waals surface area (Å²) in [6.45, 7) is 8.70. The zero-order valence-electron chi connectivity index (χ0n) is 52.8. The summed E-state index contributed by atoms with van der Waals surface area (Å²) < 4.78 is 0. The van der Waals surface area contributed by atoms with Crippen LogP contribution in [0.3, 0.4) is 0 Å². The molecule has 11 aromatic rings. The number of carbonyl (C=O) groups excluding carboxylic acids is 2. The zero-order chi connectivity index (χ0) is 61.8. The van der Waals surface area contributed by atoms with Gasteiger partial charge in [-0.1, -0.05) is 264 Å². The molecular weight excluding hydrogens is 1090 g/mol. The van der Waals surface area contributed by atoms with E-state index in [0.717, 1.165) is 154 Å². The molecular formula is C86H82N2O2. The molecule has 0 spiro atoms. The first-order valence-corrected chi connectivity index (χ1v) is 32.9. The number of benzene rings is 11. The fourth-order valence-electron chi connectivity index (χ4n) is 13.6. The van der Waals surface area contributed by atoms with Crippen LogP contribution in [0.5, 0.6) is 0 Å². The summed E-state index contributed by atoms with van der Waals surface area (Å²) in [6, 6.07) is 97.9. The number of hydrogen-bond acceptors (Lipinski definition) is 4. The van der Waals surface area contributed by atoms with Gasteiger partial charge in [0.1, 0.15) is 5.41 Å². The quantitative estimate of drug-likeness (QED) is 0.0308. The number of carbonyl (C=O) groups is 2. The Morgan fingerprint density at radius 2 is 0.600 bits per heavy atom. The number of ketones is 2. The van der Waals surface area contributed by atoms with E-state index < -0.39 is 5.41 Å². The number of anilines is 6. The van der Waals surface area contributed by atoms with E-state index in [4.69, 9.17) is 0 Å². The summed E-state index contributed by atoms with van der Waals surface area (Å²) in [6.07, 6.45) is 10.8. The Bertz CT molecular complexity index is 4130. The maximum absolute atomic E-state index is 15.8. The normalized spacial score (nSPS) is 12.4. The van der Waals surface area contributed by atoms with Crippen molar-refractivity contribution in [1.82, 2.24) is 0 Å². The molecule has 0 saturated heterocycles. The van der Waals surface area contributed by atoms with E-state index in [2.05, 4.69) is 304 Å². The Morgan fingerprint density at radius 1 is 0.311 bits per heavy atom. The van der Waals surface area contributed by atoms with Crippen molar-refractivity contribution in [2.24, 2.45) is 0 Å². The Morgan fingerprint density at radius 3 is 0.989 bits per heavy atom. The number of fused-ring (bicyclic) bond motifs is 3. The summed E-state index contributed by atoms with van der Waals surface area (Å²) in [5.74, 6) is 0.171. The molecule has 0 heterocycles. The van der Waals surface area contributed by atoms with Crippen molar-refractivity contribution in [1.29, 1.82) is 0 Å². The summed E-state index contributed by atoms with van der Waals surface area (Å²) in [5.41, 5.74) is 21.1. The van der Waals surface area contributed by atoms with Crippen LogP contribution in [0.4, 0.5) is 34.1 Å². The second kappa shape index (κ2) is 28.2. The summed E-state index contributed by atoms with van der Waals surface area (Å²) in [7, 11) is 0. The van der Waals surface area contributed by atoms with E-state index in [1.54, 1.807) is 0 Å². The number of unbranched alkanes of at least 4 members (excludes halogenated alkanes) is 8. The SMILES string of the molecule is CCCCCCCC(=O)C1(C(=O)CCCCCCC)c2cc(-c3ccc(N(c4ccccc4)c4ccc(C)cc4)cc3)ccc2-c2ccc(-c3ccc(N(c4ccccc4)c4ccc(-c5ccc(C(c6ccccc6)c6ccc(C)cc6)cc5)cc4)cc3)cc21. The third kappa shape index (κ3) is 12.9. The van der Waals surface area contributed by atoms with Gasteiger partial charge in [-0.15, -0.1) is 0 Å². The highest BCUT2D eigenvalue weighted by molar-refractivity contribution is 6.20. The molecule has 1 aliphatic rings. The number of aryl methyl sites for hydroxylation is 2. The first-order chi connectivity index (χ1) is 44.2. The predicted octanol–water partition coefficient (Wildman–Crippen LogP) is 23.5. The zero-order valence-corrected chi connectivity index (χ0v) is 52.8. The standard InChI is InChI=1S/C86H82N2O2/c1-5-7-9-11-22-30-83(89)86(84(90)31-23-12-10-8-6-2)81-60-71(66-44-54-77(55-45-66)87(73-26-18-14-19-27-73)75-50-34-63(4)35-51-75)48-58-79(81)80-59-49-72(61-82(80)86)67-46-56-78(57-47-67)88(74-28-20-15-21-29-74)76-52-42-65(43-53-76)64-38-40-70(41-39-64)85(68-24-16-13-17-25-68)69-36-32-62(3)33-37-69/h13-21,24-29,32-61,85H,5-12,22-23,30-31H2,1-4H3. The average molecular weight is 1180 g/mol. The highest BCUT2D eigenvalue weighted by Gasteiger charge is 2.53. The Hall–Kier alpha value is -9.64. The molecule has 4 nitrogen and oxygen atoms in total. The van der Waals surface area contributed by atoms with Crippen LogP contribution in [-0.4, -0.2) is 11.6 Å². The number of hydrogen-bond donors (Lipinski definition) is 0. The molecule has 0 aromatic heterocycles. The number of nitrogens with zero attached hydrogens (tertiary/aromatic N) is 2. The van der Waals surface area contributed by atoms with Gasteiger partial charge in [-0.3, -0.25) is 9.59 Å². The van der Waals surface area contributed by atoms with Crippen LogP contribution in [0.2, 0.25) is 0 Å². The molecule has 1 unspecified atom stereocenters. The number of rotatable bonds is 26. The van der Waals surface area contributed by atoms with Gasteiger partial charge in [0.05, 0.1) is 0 Å². The maximum Gasteiger partial charge on any atom is 0.155 e. The molecule has 4 heteroatoms. The monoisotopic (exact) mass is 1170 g/mol. The molecule has 0 radical (unpaired) electrons.